The summed E-state index contributed by atoms with van der Waals surface area (Å²) in [6, 6.07) is 20.3. The van der Waals surface area contributed by atoms with Crippen LogP contribution in [0.15, 0.2) is 66.7 Å². The minimum Gasteiger partial charge on any atom is -0.484 e. The molecule has 0 atom stereocenters. The molecule has 1 N–H and O–H groups in total. The van der Waals surface area contributed by atoms with Crippen molar-refractivity contribution in [2.24, 2.45) is 0 Å². The van der Waals surface area contributed by atoms with Crippen LogP contribution in [0.3, 0.4) is 0 Å². The van der Waals surface area contributed by atoms with Crippen LogP contribution in [0.5, 0.6) is 5.75 Å². The van der Waals surface area contributed by atoms with Crippen LogP contribution in [-0.2, 0) is 11.3 Å². The number of nitrogens with one attached hydrogen (secondary N) is 1. The predicted octanol–water partition coefficient (Wildman–Crippen LogP) is 3.14. The molecular formula is C20H16ClN5O2. The second-order valence-corrected chi connectivity index (χ2v) is 6.43. The van der Waals surface area contributed by atoms with Gasteiger partial charge in [0.05, 0.1) is 12.2 Å². The molecule has 2 aromatic carbocycles. The van der Waals surface area contributed by atoms with E-state index in [1.807, 2.05) is 54.6 Å². The van der Waals surface area contributed by atoms with Crippen LogP contribution in [-0.4, -0.2) is 32.3 Å². The Kier molecular flexibility index (Phi) is 5.16. The zero-order chi connectivity index (χ0) is 19.3. The SMILES string of the molecule is O=C(COc1ccccc1)NCc1nnc2ccc(-c3ccc(Cl)cc3)nn12. The number of amides is 1. The smallest absolute Gasteiger partial charge is 0.258 e. The standard InChI is InChI=1S/C20H16ClN5O2/c21-15-8-6-14(7-9-15)17-10-11-18-23-24-19(26(18)25-17)12-22-20(27)13-28-16-4-2-1-3-5-16/h1-11H,12-13H2,(H,22,27). The monoisotopic (exact) mass is 393 g/mol. The molecule has 28 heavy (non-hydrogen) atoms. The molecule has 0 saturated carbocycles. The summed E-state index contributed by atoms with van der Waals surface area (Å²) >= 11 is 5.94. The van der Waals surface area contributed by atoms with Gasteiger partial charge in [0.15, 0.2) is 18.1 Å². The van der Waals surface area contributed by atoms with Gasteiger partial charge in [-0.2, -0.15) is 9.61 Å². The van der Waals surface area contributed by atoms with Gasteiger partial charge in [-0.15, -0.1) is 10.2 Å². The number of aromatic nitrogens is 4. The zero-order valence-electron chi connectivity index (χ0n) is 14.7. The van der Waals surface area contributed by atoms with E-state index in [0.29, 0.717) is 22.2 Å². The highest BCUT2D eigenvalue weighted by molar-refractivity contribution is 6.30. The molecule has 2 aromatic heterocycles. The van der Waals surface area contributed by atoms with E-state index in [0.717, 1.165) is 11.3 Å². The van der Waals surface area contributed by atoms with E-state index in [2.05, 4.69) is 20.6 Å². The van der Waals surface area contributed by atoms with Gasteiger partial charge in [-0.25, -0.2) is 0 Å². The van der Waals surface area contributed by atoms with Crippen molar-refractivity contribution in [3.8, 4) is 17.0 Å². The quantitative estimate of drug-likeness (QED) is 0.544. The molecule has 4 aromatic rings. The van der Waals surface area contributed by atoms with E-state index >= 15 is 0 Å². The largest absolute Gasteiger partial charge is 0.484 e. The summed E-state index contributed by atoms with van der Waals surface area (Å²) in [4.78, 5) is 12.0. The fourth-order valence-electron chi connectivity index (χ4n) is 2.61. The van der Waals surface area contributed by atoms with Crippen molar-refractivity contribution in [2.75, 3.05) is 6.61 Å². The van der Waals surface area contributed by atoms with Gasteiger partial charge in [-0.3, -0.25) is 4.79 Å². The Morgan fingerprint density at radius 1 is 1.00 bits per heavy atom. The lowest BCUT2D eigenvalue weighted by Crippen LogP contribution is -2.29. The maximum absolute atomic E-state index is 12.0. The van der Waals surface area contributed by atoms with Crippen molar-refractivity contribution >= 4 is 23.2 Å². The molecule has 0 radical (unpaired) electrons. The molecule has 0 bridgehead atoms. The average Bonchev–Trinajstić information content (AvgIpc) is 3.14. The maximum Gasteiger partial charge on any atom is 0.258 e. The van der Waals surface area contributed by atoms with E-state index in [1.54, 1.807) is 16.6 Å². The first-order valence-corrected chi connectivity index (χ1v) is 8.99. The summed E-state index contributed by atoms with van der Waals surface area (Å²) < 4.78 is 7.04. The number of halogens is 1. The van der Waals surface area contributed by atoms with Crippen molar-refractivity contribution in [3.05, 3.63) is 77.6 Å². The molecule has 0 saturated heterocycles. The Hall–Kier alpha value is -3.45. The lowest BCUT2D eigenvalue weighted by atomic mass is 10.1. The van der Waals surface area contributed by atoms with Crippen molar-refractivity contribution in [1.82, 2.24) is 25.1 Å². The highest BCUT2D eigenvalue weighted by Crippen LogP contribution is 2.20. The van der Waals surface area contributed by atoms with Crippen LogP contribution in [0.1, 0.15) is 5.82 Å². The fraction of sp³-hybridized carbons (Fsp3) is 0.100. The fourth-order valence-corrected chi connectivity index (χ4v) is 2.74. The molecular weight excluding hydrogens is 378 g/mol. The zero-order valence-corrected chi connectivity index (χ0v) is 15.5. The van der Waals surface area contributed by atoms with Gasteiger partial charge < -0.3 is 10.1 Å². The molecule has 2 heterocycles. The topological polar surface area (TPSA) is 81.4 Å². The van der Waals surface area contributed by atoms with Crippen LogP contribution in [0.4, 0.5) is 0 Å². The third-order valence-corrected chi connectivity index (χ3v) is 4.28. The van der Waals surface area contributed by atoms with E-state index in [1.165, 1.54) is 0 Å². The van der Waals surface area contributed by atoms with Crippen molar-refractivity contribution in [3.63, 3.8) is 0 Å². The van der Waals surface area contributed by atoms with Crippen molar-refractivity contribution in [1.29, 1.82) is 0 Å². The number of nitrogens with zero attached hydrogens (tertiary/aromatic N) is 4. The van der Waals surface area contributed by atoms with Crippen LogP contribution in [0.25, 0.3) is 16.9 Å². The summed E-state index contributed by atoms with van der Waals surface area (Å²) in [5, 5.41) is 16.2. The number of carbonyl (C=O) groups is 1. The summed E-state index contributed by atoms with van der Waals surface area (Å²) in [5.74, 6) is 0.910. The minimum absolute atomic E-state index is 0.0792. The van der Waals surface area contributed by atoms with Gasteiger partial charge in [0.1, 0.15) is 5.75 Å². The van der Waals surface area contributed by atoms with E-state index in [4.69, 9.17) is 16.3 Å². The number of hydrogen-bond donors (Lipinski definition) is 1. The number of benzene rings is 2. The Morgan fingerprint density at radius 2 is 1.79 bits per heavy atom. The molecule has 0 aliphatic heterocycles. The van der Waals surface area contributed by atoms with E-state index in [9.17, 15) is 4.79 Å². The van der Waals surface area contributed by atoms with Crippen LogP contribution >= 0.6 is 11.6 Å². The van der Waals surface area contributed by atoms with Gasteiger partial charge >= 0.3 is 0 Å². The molecule has 1 amide bonds. The summed E-state index contributed by atoms with van der Waals surface area (Å²) in [7, 11) is 0. The maximum atomic E-state index is 12.0. The van der Waals surface area contributed by atoms with Crippen molar-refractivity contribution in [2.45, 2.75) is 6.54 Å². The molecule has 140 valence electrons. The number of hydrogen-bond acceptors (Lipinski definition) is 5. The Morgan fingerprint density at radius 3 is 2.57 bits per heavy atom. The lowest BCUT2D eigenvalue weighted by Gasteiger charge is -2.07. The molecule has 0 fully saturated rings. The molecule has 7 nitrogen and oxygen atoms in total. The number of rotatable bonds is 6. The highest BCUT2D eigenvalue weighted by Gasteiger charge is 2.11. The van der Waals surface area contributed by atoms with Crippen LogP contribution in [0.2, 0.25) is 5.02 Å². The van der Waals surface area contributed by atoms with Gasteiger partial charge in [-0.1, -0.05) is 41.9 Å². The number of fused-ring (bicyclic) bond motifs is 1. The average molecular weight is 394 g/mol. The molecule has 0 aliphatic rings. The van der Waals surface area contributed by atoms with Crippen molar-refractivity contribution < 1.29 is 9.53 Å². The minimum atomic E-state index is -0.255. The summed E-state index contributed by atoms with van der Waals surface area (Å²) in [6.45, 7) is 0.111. The molecule has 8 heteroatoms. The van der Waals surface area contributed by atoms with Gasteiger partial charge in [0.25, 0.3) is 5.91 Å². The Labute approximate surface area is 165 Å². The number of ether oxygens (including phenoxy) is 1. The van der Waals surface area contributed by atoms with Gasteiger partial charge in [0.2, 0.25) is 0 Å². The highest BCUT2D eigenvalue weighted by atomic mass is 35.5. The molecule has 0 spiro atoms. The second-order valence-electron chi connectivity index (χ2n) is 5.99. The van der Waals surface area contributed by atoms with Crippen LogP contribution < -0.4 is 10.1 Å². The Balaban J connectivity index is 1.44. The number of carbonyl (C=O) groups excluding carboxylic acids is 1. The predicted molar refractivity (Wildman–Crippen MR) is 105 cm³/mol. The normalized spacial score (nSPS) is 10.8. The molecule has 0 aliphatic carbocycles. The Bertz CT molecular complexity index is 1100. The second kappa shape index (κ2) is 8.06. The van der Waals surface area contributed by atoms with Crippen LogP contribution in [0, 0.1) is 0 Å². The molecule has 4 rings (SSSR count). The third kappa shape index (κ3) is 4.10. The first-order valence-electron chi connectivity index (χ1n) is 8.61. The van der Waals surface area contributed by atoms with E-state index in [-0.39, 0.29) is 19.1 Å². The summed E-state index contributed by atoms with van der Waals surface area (Å²) in [5.41, 5.74) is 2.28. The number of para-hydroxylation sites is 1. The summed E-state index contributed by atoms with van der Waals surface area (Å²) in [6.07, 6.45) is 0. The van der Waals surface area contributed by atoms with Gasteiger partial charge in [-0.05, 0) is 36.4 Å². The van der Waals surface area contributed by atoms with Gasteiger partial charge in [0, 0.05) is 10.6 Å². The van der Waals surface area contributed by atoms with E-state index < -0.39 is 0 Å². The molecule has 0 unspecified atom stereocenters. The first-order chi connectivity index (χ1) is 13.7. The lowest BCUT2D eigenvalue weighted by molar-refractivity contribution is -0.123. The first kappa shape index (κ1) is 17.9. The third-order valence-electron chi connectivity index (χ3n) is 4.02.